The number of rotatable bonds is 5. The standard InChI is InChI=1S/C29H40F4O/c1-3-26(34)25-17-16-24(28(30)27(25)29(31,32)33)23-14-12-22(13-15-23)21-10-8-20(9-11-21)19-6-4-18(2)5-7-19/h16-23H,3-15H2,1-2H3. The van der Waals surface area contributed by atoms with Gasteiger partial charge in [0.25, 0.3) is 0 Å². The quantitative estimate of drug-likeness (QED) is 0.303. The Morgan fingerprint density at radius 2 is 1.24 bits per heavy atom. The summed E-state index contributed by atoms with van der Waals surface area (Å²) in [6, 6.07) is 2.64. The molecule has 4 rings (SSSR count). The van der Waals surface area contributed by atoms with E-state index in [0.29, 0.717) is 5.92 Å². The van der Waals surface area contributed by atoms with Crippen LogP contribution in [0.2, 0.25) is 0 Å². The maximum atomic E-state index is 15.1. The van der Waals surface area contributed by atoms with Crippen molar-refractivity contribution in [2.75, 3.05) is 0 Å². The van der Waals surface area contributed by atoms with E-state index in [2.05, 4.69) is 6.92 Å². The molecule has 0 unspecified atom stereocenters. The van der Waals surface area contributed by atoms with Gasteiger partial charge in [-0.05, 0) is 105 Å². The normalized spacial score (nSPS) is 33.0. The monoisotopic (exact) mass is 480 g/mol. The Bertz CT molecular complexity index is 836. The molecule has 0 saturated heterocycles. The van der Waals surface area contributed by atoms with Crippen molar-refractivity contribution in [2.24, 2.45) is 29.6 Å². The Morgan fingerprint density at radius 1 is 0.794 bits per heavy atom. The largest absolute Gasteiger partial charge is 0.419 e. The lowest BCUT2D eigenvalue weighted by molar-refractivity contribution is -0.140. The van der Waals surface area contributed by atoms with Crippen molar-refractivity contribution in [1.29, 1.82) is 0 Å². The van der Waals surface area contributed by atoms with Crippen LogP contribution in [0.4, 0.5) is 17.6 Å². The number of hydrogen-bond donors (Lipinski definition) is 0. The van der Waals surface area contributed by atoms with E-state index in [0.717, 1.165) is 49.4 Å². The third-order valence-corrected chi connectivity index (χ3v) is 9.50. The fourth-order valence-corrected chi connectivity index (χ4v) is 7.35. The number of alkyl halides is 3. The Labute approximate surface area is 202 Å². The number of Topliss-reactive ketones (excluding diaryl/α,β-unsaturated/α-hetero) is 1. The summed E-state index contributed by atoms with van der Waals surface area (Å²) in [5.74, 6) is 1.96. The van der Waals surface area contributed by atoms with E-state index < -0.39 is 28.9 Å². The van der Waals surface area contributed by atoms with Gasteiger partial charge >= 0.3 is 6.18 Å². The van der Waals surface area contributed by atoms with Crippen molar-refractivity contribution >= 4 is 5.78 Å². The highest BCUT2D eigenvalue weighted by atomic mass is 19.4. The molecule has 0 aliphatic heterocycles. The van der Waals surface area contributed by atoms with Crippen molar-refractivity contribution in [3.05, 3.63) is 34.6 Å². The highest BCUT2D eigenvalue weighted by Crippen LogP contribution is 2.48. The molecule has 3 aliphatic carbocycles. The van der Waals surface area contributed by atoms with Crippen molar-refractivity contribution in [2.45, 2.75) is 109 Å². The maximum absolute atomic E-state index is 15.1. The highest BCUT2D eigenvalue weighted by Gasteiger charge is 2.41. The molecule has 1 aromatic rings. The summed E-state index contributed by atoms with van der Waals surface area (Å²) >= 11 is 0. The van der Waals surface area contributed by atoms with Crippen LogP contribution in [-0.4, -0.2) is 5.78 Å². The molecular formula is C29H40F4O. The molecular weight excluding hydrogens is 440 g/mol. The molecule has 0 atom stereocenters. The van der Waals surface area contributed by atoms with Gasteiger partial charge in [0.15, 0.2) is 5.78 Å². The molecule has 0 aromatic heterocycles. The van der Waals surface area contributed by atoms with Gasteiger partial charge in [0.05, 0.1) is 0 Å². The van der Waals surface area contributed by atoms with Crippen LogP contribution in [0.25, 0.3) is 0 Å². The Kier molecular flexibility index (Phi) is 8.09. The fraction of sp³-hybridized carbons (Fsp3) is 0.759. The summed E-state index contributed by atoms with van der Waals surface area (Å²) in [6.45, 7) is 3.87. The van der Waals surface area contributed by atoms with Crippen LogP contribution in [0.15, 0.2) is 12.1 Å². The van der Waals surface area contributed by atoms with Gasteiger partial charge in [0.2, 0.25) is 0 Å². The predicted octanol–water partition coefficient (Wildman–Crippen LogP) is 9.34. The molecule has 0 bridgehead atoms. The van der Waals surface area contributed by atoms with E-state index in [1.807, 2.05) is 0 Å². The Morgan fingerprint density at radius 3 is 1.68 bits per heavy atom. The molecule has 190 valence electrons. The molecule has 1 aromatic carbocycles. The Balaban J connectivity index is 1.36. The number of hydrogen-bond acceptors (Lipinski definition) is 1. The third-order valence-electron chi connectivity index (χ3n) is 9.50. The molecule has 0 spiro atoms. The van der Waals surface area contributed by atoms with Gasteiger partial charge in [-0.2, -0.15) is 13.2 Å². The smallest absolute Gasteiger partial charge is 0.294 e. The molecule has 0 heterocycles. The van der Waals surface area contributed by atoms with E-state index in [1.54, 1.807) is 0 Å². The van der Waals surface area contributed by atoms with Crippen molar-refractivity contribution in [1.82, 2.24) is 0 Å². The van der Waals surface area contributed by atoms with E-state index in [-0.39, 0.29) is 17.9 Å². The van der Waals surface area contributed by atoms with E-state index in [9.17, 15) is 18.0 Å². The first-order valence-corrected chi connectivity index (χ1v) is 13.6. The van der Waals surface area contributed by atoms with E-state index in [4.69, 9.17) is 0 Å². The summed E-state index contributed by atoms with van der Waals surface area (Å²) in [5, 5.41) is 0. The first-order valence-electron chi connectivity index (χ1n) is 13.6. The number of benzene rings is 1. The summed E-state index contributed by atoms with van der Waals surface area (Å²) < 4.78 is 56.1. The van der Waals surface area contributed by atoms with Gasteiger partial charge in [0, 0.05) is 12.0 Å². The molecule has 34 heavy (non-hydrogen) atoms. The number of halogens is 4. The van der Waals surface area contributed by atoms with Crippen molar-refractivity contribution in [3.63, 3.8) is 0 Å². The maximum Gasteiger partial charge on any atom is 0.419 e. The molecule has 3 aliphatic rings. The van der Waals surface area contributed by atoms with Crippen LogP contribution in [-0.2, 0) is 6.18 Å². The zero-order chi connectivity index (χ0) is 24.5. The molecule has 3 fully saturated rings. The van der Waals surface area contributed by atoms with Crippen LogP contribution in [0.1, 0.15) is 125 Å². The minimum atomic E-state index is -4.87. The number of carbonyl (C=O) groups is 1. The van der Waals surface area contributed by atoms with Crippen molar-refractivity contribution < 1.29 is 22.4 Å². The van der Waals surface area contributed by atoms with Crippen LogP contribution < -0.4 is 0 Å². The molecule has 5 heteroatoms. The zero-order valence-corrected chi connectivity index (χ0v) is 20.7. The van der Waals surface area contributed by atoms with E-state index >= 15 is 4.39 Å². The zero-order valence-electron chi connectivity index (χ0n) is 20.7. The topological polar surface area (TPSA) is 17.1 Å². The minimum Gasteiger partial charge on any atom is -0.294 e. The van der Waals surface area contributed by atoms with Crippen LogP contribution in [0, 0.1) is 35.4 Å². The average Bonchev–Trinajstić information content (AvgIpc) is 2.83. The van der Waals surface area contributed by atoms with Crippen LogP contribution >= 0.6 is 0 Å². The van der Waals surface area contributed by atoms with Crippen molar-refractivity contribution in [3.8, 4) is 0 Å². The predicted molar refractivity (Wildman–Crippen MR) is 127 cm³/mol. The lowest BCUT2D eigenvalue weighted by atomic mass is 9.64. The molecule has 0 radical (unpaired) electrons. The lowest BCUT2D eigenvalue weighted by Crippen LogP contribution is -2.29. The van der Waals surface area contributed by atoms with Crippen LogP contribution in [0.3, 0.4) is 0 Å². The van der Waals surface area contributed by atoms with Gasteiger partial charge in [0.1, 0.15) is 11.4 Å². The van der Waals surface area contributed by atoms with Gasteiger partial charge in [-0.1, -0.05) is 38.8 Å². The SMILES string of the molecule is CCC(=O)c1ccc(C2CCC(C3CCC(C4CCC(C)CC4)CC3)CC2)c(F)c1C(F)(F)F. The van der Waals surface area contributed by atoms with Crippen LogP contribution in [0.5, 0.6) is 0 Å². The van der Waals surface area contributed by atoms with Gasteiger partial charge in [-0.15, -0.1) is 0 Å². The summed E-state index contributed by atoms with van der Waals surface area (Å²) in [7, 11) is 0. The van der Waals surface area contributed by atoms with Gasteiger partial charge in [-0.3, -0.25) is 4.79 Å². The number of carbonyl (C=O) groups excluding carboxylic acids is 1. The summed E-state index contributed by atoms with van der Waals surface area (Å²) in [4.78, 5) is 12.0. The summed E-state index contributed by atoms with van der Waals surface area (Å²) in [5.41, 5.74) is -1.75. The van der Waals surface area contributed by atoms with E-state index in [1.165, 1.54) is 70.4 Å². The van der Waals surface area contributed by atoms with Gasteiger partial charge in [-0.25, -0.2) is 4.39 Å². The first-order chi connectivity index (χ1) is 16.2. The molecule has 0 N–H and O–H groups in total. The second kappa shape index (κ2) is 10.7. The molecule has 3 saturated carbocycles. The van der Waals surface area contributed by atoms with Gasteiger partial charge < -0.3 is 0 Å². The molecule has 1 nitrogen and oxygen atoms in total. The highest BCUT2D eigenvalue weighted by molar-refractivity contribution is 5.97. The Hall–Kier alpha value is -1.39. The fourth-order valence-electron chi connectivity index (χ4n) is 7.35. The number of ketones is 1. The average molecular weight is 481 g/mol. The molecule has 0 amide bonds. The first kappa shape index (κ1) is 25.7. The third kappa shape index (κ3) is 5.54. The second-order valence-corrected chi connectivity index (χ2v) is 11.5. The minimum absolute atomic E-state index is 0.0743. The lowest BCUT2D eigenvalue weighted by Gasteiger charge is -2.41. The second-order valence-electron chi connectivity index (χ2n) is 11.5. The summed E-state index contributed by atoms with van der Waals surface area (Å²) in [6.07, 6.45) is 9.27.